The summed E-state index contributed by atoms with van der Waals surface area (Å²) in [6.07, 6.45) is 3.90. The van der Waals surface area contributed by atoms with Crippen LogP contribution in [-0.2, 0) is 4.74 Å². The van der Waals surface area contributed by atoms with Crippen molar-refractivity contribution in [3.8, 4) is 0 Å². The molecule has 0 aliphatic heterocycles. The molecule has 0 bridgehead atoms. The molecule has 19 heavy (non-hydrogen) atoms. The first-order valence-corrected chi connectivity index (χ1v) is 6.00. The van der Waals surface area contributed by atoms with Crippen molar-refractivity contribution in [1.82, 2.24) is 20.2 Å². The van der Waals surface area contributed by atoms with E-state index in [4.69, 9.17) is 0 Å². The van der Waals surface area contributed by atoms with E-state index in [1.54, 1.807) is 0 Å². The highest BCUT2D eigenvalue weighted by Gasteiger charge is 2.25. The maximum atomic E-state index is 11.4. The Morgan fingerprint density at radius 2 is 2.37 bits per heavy atom. The molecule has 1 fully saturated rings. The Hall–Kier alpha value is -2.44. The van der Waals surface area contributed by atoms with Crippen LogP contribution in [-0.4, -0.2) is 33.2 Å². The van der Waals surface area contributed by atoms with Gasteiger partial charge in [-0.1, -0.05) is 0 Å². The predicted octanol–water partition coefficient (Wildman–Crippen LogP) is 1.61. The summed E-state index contributed by atoms with van der Waals surface area (Å²) in [4.78, 5) is 19.5. The van der Waals surface area contributed by atoms with Crippen molar-refractivity contribution >= 4 is 17.7 Å². The summed E-state index contributed by atoms with van der Waals surface area (Å²) in [7, 11) is 1.31. The molecule has 0 amide bonds. The van der Waals surface area contributed by atoms with Gasteiger partial charge in [0.15, 0.2) is 11.5 Å². The summed E-state index contributed by atoms with van der Waals surface area (Å²) < 4.78 is 4.61. The highest BCUT2D eigenvalue weighted by atomic mass is 16.5. The lowest BCUT2D eigenvalue weighted by Gasteiger charge is -2.02. The molecule has 1 saturated carbocycles. The van der Waals surface area contributed by atoms with E-state index in [0.717, 1.165) is 5.69 Å². The molecule has 0 unspecified atom stereocenters. The Morgan fingerprint density at radius 3 is 3.11 bits per heavy atom. The van der Waals surface area contributed by atoms with Crippen LogP contribution in [0.3, 0.4) is 0 Å². The molecule has 0 spiro atoms. The highest BCUT2D eigenvalue weighted by molar-refractivity contribution is 5.87. The third-order valence-electron chi connectivity index (χ3n) is 2.90. The van der Waals surface area contributed by atoms with Crippen LogP contribution in [0.5, 0.6) is 0 Å². The van der Waals surface area contributed by atoms with Gasteiger partial charge in [-0.05, 0) is 18.9 Å². The zero-order chi connectivity index (χ0) is 13.2. The van der Waals surface area contributed by atoms with E-state index in [2.05, 4.69) is 30.2 Å². The summed E-state index contributed by atoms with van der Waals surface area (Å²) in [6.45, 7) is 0. The van der Waals surface area contributed by atoms with Crippen molar-refractivity contribution in [3.63, 3.8) is 0 Å². The zero-order valence-corrected chi connectivity index (χ0v) is 10.4. The van der Waals surface area contributed by atoms with Crippen LogP contribution in [0.25, 0.3) is 0 Å². The molecule has 7 nitrogen and oxygen atoms in total. The summed E-state index contributed by atoms with van der Waals surface area (Å²) in [6, 6.07) is 3.43. The lowest BCUT2D eigenvalue weighted by atomic mass is 10.3. The zero-order valence-electron chi connectivity index (χ0n) is 10.4. The van der Waals surface area contributed by atoms with Crippen molar-refractivity contribution in [2.24, 2.45) is 0 Å². The van der Waals surface area contributed by atoms with Crippen LogP contribution in [0.15, 0.2) is 18.3 Å². The number of aromatic nitrogens is 4. The third kappa shape index (κ3) is 2.54. The van der Waals surface area contributed by atoms with Crippen LogP contribution in [0, 0.1) is 0 Å². The molecular formula is C12H13N5O2. The molecule has 0 atom stereocenters. The van der Waals surface area contributed by atoms with Gasteiger partial charge in [-0.25, -0.2) is 14.8 Å². The summed E-state index contributed by atoms with van der Waals surface area (Å²) >= 11 is 0. The molecule has 2 heterocycles. The Labute approximate surface area is 109 Å². The van der Waals surface area contributed by atoms with E-state index in [0.29, 0.717) is 17.7 Å². The van der Waals surface area contributed by atoms with E-state index >= 15 is 0 Å². The molecule has 1 aliphatic carbocycles. The molecule has 7 heteroatoms. The smallest absolute Gasteiger partial charge is 0.356 e. The number of H-pyrrole nitrogens is 1. The first-order chi connectivity index (χ1) is 9.26. The van der Waals surface area contributed by atoms with Crippen LogP contribution in [0.1, 0.15) is 34.9 Å². The molecular weight excluding hydrogens is 246 g/mol. The number of rotatable bonds is 4. The Kier molecular flexibility index (Phi) is 2.86. The summed E-state index contributed by atoms with van der Waals surface area (Å²) in [5, 5.41) is 10.1. The number of ether oxygens (including phenoxy) is 1. The minimum absolute atomic E-state index is 0.206. The van der Waals surface area contributed by atoms with Crippen molar-refractivity contribution in [2.75, 3.05) is 12.4 Å². The van der Waals surface area contributed by atoms with Gasteiger partial charge in [0.2, 0.25) is 5.95 Å². The molecule has 0 aromatic carbocycles. The van der Waals surface area contributed by atoms with Gasteiger partial charge in [0, 0.05) is 23.9 Å². The number of anilines is 2. The van der Waals surface area contributed by atoms with Gasteiger partial charge in [0.25, 0.3) is 0 Å². The topological polar surface area (TPSA) is 92.8 Å². The predicted molar refractivity (Wildman–Crippen MR) is 67.2 cm³/mol. The van der Waals surface area contributed by atoms with E-state index in [9.17, 15) is 4.79 Å². The Morgan fingerprint density at radius 1 is 1.53 bits per heavy atom. The minimum Gasteiger partial charge on any atom is -0.464 e. The number of methoxy groups -OCH3 is 1. The van der Waals surface area contributed by atoms with Crippen molar-refractivity contribution < 1.29 is 9.53 Å². The van der Waals surface area contributed by atoms with Crippen molar-refractivity contribution in [3.05, 3.63) is 29.7 Å². The normalized spacial score (nSPS) is 14.2. The van der Waals surface area contributed by atoms with E-state index in [1.807, 2.05) is 6.07 Å². The second kappa shape index (κ2) is 4.68. The molecule has 98 valence electrons. The maximum Gasteiger partial charge on any atom is 0.356 e. The fourth-order valence-electron chi connectivity index (χ4n) is 1.76. The lowest BCUT2D eigenvalue weighted by Crippen LogP contribution is -2.07. The fourth-order valence-corrected chi connectivity index (χ4v) is 1.76. The quantitative estimate of drug-likeness (QED) is 0.810. The molecule has 2 N–H and O–H groups in total. The minimum atomic E-state index is -0.494. The standard InChI is InChI=1S/C12H13N5O2/c1-19-11(18)8-4-5-13-12(14-8)15-10-6-9(16-17-10)7-2-3-7/h4-7H,2-3H2,1H3,(H2,13,14,15,16,17). The average molecular weight is 259 g/mol. The molecule has 2 aromatic heterocycles. The molecule has 3 rings (SSSR count). The van der Waals surface area contributed by atoms with E-state index in [1.165, 1.54) is 32.2 Å². The number of carbonyl (C=O) groups excluding carboxylic acids is 1. The molecule has 1 aliphatic rings. The van der Waals surface area contributed by atoms with Gasteiger partial charge in [0.05, 0.1) is 7.11 Å². The van der Waals surface area contributed by atoms with Gasteiger partial charge in [0.1, 0.15) is 0 Å². The number of carbonyl (C=O) groups is 1. The van der Waals surface area contributed by atoms with E-state index < -0.39 is 5.97 Å². The highest BCUT2D eigenvalue weighted by Crippen LogP contribution is 2.39. The molecule has 0 radical (unpaired) electrons. The number of hydrogen-bond acceptors (Lipinski definition) is 6. The number of hydrogen-bond donors (Lipinski definition) is 2. The van der Waals surface area contributed by atoms with Crippen LogP contribution in [0.4, 0.5) is 11.8 Å². The van der Waals surface area contributed by atoms with Gasteiger partial charge in [-0.3, -0.25) is 5.10 Å². The van der Waals surface area contributed by atoms with Gasteiger partial charge < -0.3 is 10.1 Å². The number of esters is 1. The molecule has 2 aromatic rings. The van der Waals surface area contributed by atoms with Gasteiger partial charge in [-0.15, -0.1) is 0 Å². The second-order valence-corrected chi connectivity index (χ2v) is 4.36. The number of nitrogens with zero attached hydrogens (tertiary/aromatic N) is 3. The van der Waals surface area contributed by atoms with Gasteiger partial charge in [-0.2, -0.15) is 5.10 Å². The van der Waals surface area contributed by atoms with Gasteiger partial charge >= 0.3 is 5.97 Å². The van der Waals surface area contributed by atoms with Crippen LogP contribution < -0.4 is 5.32 Å². The fraction of sp³-hybridized carbons (Fsp3) is 0.333. The van der Waals surface area contributed by atoms with Crippen LogP contribution in [0.2, 0.25) is 0 Å². The van der Waals surface area contributed by atoms with Crippen LogP contribution >= 0.6 is 0 Å². The monoisotopic (exact) mass is 259 g/mol. The largest absolute Gasteiger partial charge is 0.464 e. The van der Waals surface area contributed by atoms with Crippen molar-refractivity contribution in [2.45, 2.75) is 18.8 Å². The van der Waals surface area contributed by atoms with Crippen molar-refractivity contribution in [1.29, 1.82) is 0 Å². The van der Waals surface area contributed by atoms with E-state index in [-0.39, 0.29) is 5.69 Å². The maximum absolute atomic E-state index is 11.4. The summed E-state index contributed by atoms with van der Waals surface area (Å²) in [5.74, 6) is 1.07. The third-order valence-corrected chi connectivity index (χ3v) is 2.90. The SMILES string of the molecule is COC(=O)c1ccnc(Nc2cc(C3CC3)[nH]n2)n1. The summed E-state index contributed by atoms with van der Waals surface area (Å²) in [5.41, 5.74) is 1.32. The Balaban J connectivity index is 1.76. The Bertz CT molecular complexity index is 606. The number of nitrogens with one attached hydrogen (secondary N) is 2. The molecule has 0 saturated heterocycles. The average Bonchev–Trinajstić information content (AvgIpc) is 3.19. The lowest BCUT2D eigenvalue weighted by molar-refractivity contribution is 0.0594. The second-order valence-electron chi connectivity index (χ2n) is 4.36. The number of aromatic amines is 1. The first-order valence-electron chi connectivity index (χ1n) is 6.00. The first kappa shape index (κ1) is 11.6.